The van der Waals surface area contributed by atoms with Gasteiger partial charge < -0.3 is 15.8 Å². The minimum atomic E-state index is 0.359. The minimum absolute atomic E-state index is 0.359. The van der Waals surface area contributed by atoms with Gasteiger partial charge in [-0.15, -0.1) is 0 Å². The van der Waals surface area contributed by atoms with Crippen molar-refractivity contribution in [3.63, 3.8) is 0 Å². The van der Waals surface area contributed by atoms with Crippen LogP contribution in [0.2, 0.25) is 0 Å². The van der Waals surface area contributed by atoms with Crippen LogP contribution in [-0.2, 0) is 0 Å². The number of ether oxygens (including phenoxy) is 1. The molecule has 1 unspecified atom stereocenters. The van der Waals surface area contributed by atoms with Gasteiger partial charge in [0.05, 0.1) is 0 Å². The van der Waals surface area contributed by atoms with Gasteiger partial charge in [0.15, 0.2) is 0 Å². The van der Waals surface area contributed by atoms with Crippen LogP contribution >= 0.6 is 11.8 Å². The summed E-state index contributed by atoms with van der Waals surface area (Å²) in [6.07, 6.45) is 0. The van der Waals surface area contributed by atoms with Gasteiger partial charge in [-0.1, -0.05) is 18.2 Å². The van der Waals surface area contributed by atoms with Crippen molar-refractivity contribution in [3.05, 3.63) is 29.3 Å². The summed E-state index contributed by atoms with van der Waals surface area (Å²) >= 11 is 1.89. The van der Waals surface area contributed by atoms with E-state index < -0.39 is 0 Å². The maximum atomic E-state index is 5.92. The lowest BCUT2D eigenvalue weighted by molar-refractivity contribution is 0.272. The number of thioether (sulfide) groups is 1. The number of rotatable bonds is 9. The van der Waals surface area contributed by atoms with Gasteiger partial charge in [-0.2, -0.15) is 11.8 Å². The number of hydrogen-bond donors (Lipinski definition) is 2. The molecule has 0 aliphatic heterocycles. The number of hydrogen-bond acceptors (Lipinski definition) is 4. The first-order chi connectivity index (χ1) is 9.15. The van der Waals surface area contributed by atoms with Crippen molar-refractivity contribution in [1.29, 1.82) is 0 Å². The molecule has 0 bridgehead atoms. The molecule has 0 aliphatic rings. The topological polar surface area (TPSA) is 47.3 Å². The molecule has 19 heavy (non-hydrogen) atoms. The molecular weight excluding hydrogens is 256 g/mol. The van der Waals surface area contributed by atoms with E-state index in [1.165, 1.54) is 11.1 Å². The number of para-hydroxylation sites is 1. The van der Waals surface area contributed by atoms with Crippen LogP contribution in [0.1, 0.15) is 18.1 Å². The Kier molecular flexibility index (Phi) is 7.94. The van der Waals surface area contributed by atoms with Crippen LogP contribution in [0.5, 0.6) is 5.75 Å². The van der Waals surface area contributed by atoms with Crippen LogP contribution in [0.4, 0.5) is 0 Å². The van der Waals surface area contributed by atoms with Crippen molar-refractivity contribution in [2.24, 2.45) is 5.73 Å². The van der Waals surface area contributed by atoms with Crippen molar-refractivity contribution in [2.45, 2.75) is 26.8 Å². The van der Waals surface area contributed by atoms with Crippen molar-refractivity contribution >= 4 is 11.8 Å². The van der Waals surface area contributed by atoms with E-state index in [-0.39, 0.29) is 0 Å². The molecule has 3 N–H and O–H groups in total. The molecule has 0 amide bonds. The van der Waals surface area contributed by atoms with Gasteiger partial charge >= 0.3 is 0 Å². The Morgan fingerprint density at radius 1 is 1.26 bits per heavy atom. The Hall–Kier alpha value is -0.710. The van der Waals surface area contributed by atoms with Gasteiger partial charge in [-0.25, -0.2) is 0 Å². The minimum Gasteiger partial charge on any atom is -0.491 e. The number of benzene rings is 1. The zero-order chi connectivity index (χ0) is 14.1. The highest BCUT2D eigenvalue weighted by molar-refractivity contribution is 7.99. The first-order valence-electron chi connectivity index (χ1n) is 6.85. The Morgan fingerprint density at radius 2 is 1.95 bits per heavy atom. The average molecular weight is 282 g/mol. The maximum Gasteiger partial charge on any atom is 0.125 e. The van der Waals surface area contributed by atoms with Gasteiger partial charge in [-0.3, -0.25) is 0 Å². The first kappa shape index (κ1) is 16.3. The predicted molar refractivity (Wildman–Crippen MR) is 85.3 cm³/mol. The molecule has 0 heterocycles. The molecule has 0 aliphatic carbocycles. The highest BCUT2D eigenvalue weighted by Gasteiger charge is 2.06. The molecule has 1 aromatic rings. The van der Waals surface area contributed by atoms with Crippen molar-refractivity contribution in [1.82, 2.24) is 5.32 Å². The van der Waals surface area contributed by atoms with Crippen molar-refractivity contribution in [3.8, 4) is 5.75 Å². The molecule has 108 valence electrons. The largest absolute Gasteiger partial charge is 0.491 e. The lowest BCUT2D eigenvalue weighted by atomic mass is 10.1. The number of nitrogens with two attached hydrogens (primary N) is 1. The second kappa shape index (κ2) is 9.23. The first-order valence-corrected chi connectivity index (χ1v) is 8.00. The molecule has 0 aromatic heterocycles. The van der Waals surface area contributed by atoms with Crippen LogP contribution < -0.4 is 15.8 Å². The molecular formula is C15H26N2OS. The van der Waals surface area contributed by atoms with E-state index in [0.717, 1.165) is 30.3 Å². The molecule has 1 atom stereocenters. The molecule has 0 radical (unpaired) electrons. The van der Waals surface area contributed by atoms with Gasteiger partial charge in [-0.05, 0) is 31.9 Å². The second-order valence-corrected chi connectivity index (χ2v) is 6.01. The summed E-state index contributed by atoms with van der Waals surface area (Å²) < 4.78 is 5.92. The summed E-state index contributed by atoms with van der Waals surface area (Å²) in [6, 6.07) is 6.60. The van der Waals surface area contributed by atoms with E-state index in [0.29, 0.717) is 12.6 Å². The molecule has 0 saturated carbocycles. The van der Waals surface area contributed by atoms with E-state index in [1.54, 1.807) is 0 Å². The fourth-order valence-corrected chi connectivity index (χ4v) is 2.49. The summed E-state index contributed by atoms with van der Waals surface area (Å²) in [4.78, 5) is 0. The Labute approximate surface area is 121 Å². The van der Waals surface area contributed by atoms with E-state index in [9.17, 15) is 0 Å². The predicted octanol–water partition coefficient (Wildman–Crippen LogP) is 2.35. The monoisotopic (exact) mass is 282 g/mol. The Balaban J connectivity index is 2.24. The normalized spacial score (nSPS) is 12.4. The molecule has 1 rings (SSSR count). The molecule has 1 aromatic carbocycles. The van der Waals surface area contributed by atoms with E-state index in [1.807, 2.05) is 11.8 Å². The fraction of sp³-hybridized carbons (Fsp3) is 0.600. The summed E-state index contributed by atoms with van der Waals surface area (Å²) in [7, 11) is 0. The van der Waals surface area contributed by atoms with Crippen molar-refractivity contribution < 1.29 is 4.74 Å². The van der Waals surface area contributed by atoms with E-state index >= 15 is 0 Å². The van der Waals surface area contributed by atoms with E-state index in [2.05, 4.69) is 44.3 Å². The second-order valence-electron chi connectivity index (χ2n) is 4.79. The van der Waals surface area contributed by atoms with Crippen LogP contribution in [0.25, 0.3) is 0 Å². The Morgan fingerprint density at radius 3 is 2.58 bits per heavy atom. The van der Waals surface area contributed by atoms with Crippen LogP contribution in [0, 0.1) is 13.8 Å². The third-order valence-corrected chi connectivity index (χ3v) is 3.90. The quantitative estimate of drug-likeness (QED) is 0.683. The van der Waals surface area contributed by atoms with Gasteiger partial charge in [0.25, 0.3) is 0 Å². The van der Waals surface area contributed by atoms with Gasteiger partial charge in [0.2, 0.25) is 0 Å². The molecule has 0 spiro atoms. The van der Waals surface area contributed by atoms with Crippen LogP contribution in [-0.4, -0.2) is 37.2 Å². The lowest BCUT2D eigenvalue weighted by Gasteiger charge is -2.17. The Bertz CT molecular complexity index is 351. The van der Waals surface area contributed by atoms with Crippen LogP contribution in [0.15, 0.2) is 18.2 Å². The highest BCUT2D eigenvalue weighted by atomic mass is 32.2. The molecule has 0 saturated heterocycles. The fourth-order valence-electron chi connectivity index (χ4n) is 1.86. The lowest BCUT2D eigenvalue weighted by Crippen LogP contribution is -2.33. The number of nitrogens with one attached hydrogen (secondary N) is 1. The van der Waals surface area contributed by atoms with Gasteiger partial charge in [0, 0.05) is 30.6 Å². The smallest absolute Gasteiger partial charge is 0.125 e. The zero-order valence-electron chi connectivity index (χ0n) is 12.2. The molecule has 4 heteroatoms. The zero-order valence-corrected chi connectivity index (χ0v) is 13.1. The number of aryl methyl sites for hydroxylation is 2. The summed E-state index contributed by atoms with van der Waals surface area (Å²) in [5.74, 6) is 3.16. The highest BCUT2D eigenvalue weighted by Crippen LogP contribution is 2.22. The summed E-state index contributed by atoms with van der Waals surface area (Å²) in [6.45, 7) is 8.79. The summed E-state index contributed by atoms with van der Waals surface area (Å²) in [5, 5.41) is 3.46. The summed E-state index contributed by atoms with van der Waals surface area (Å²) in [5.41, 5.74) is 7.85. The van der Waals surface area contributed by atoms with E-state index in [4.69, 9.17) is 10.5 Å². The molecule has 3 nitrogen and oxygen atoms in total. The third-order valence-electron chi connectivity index (χ3n) is 2.89. The van der Waals surface area contributed by atoms with Crippen molar-refractivity contribution in [2.75, 3.05) is 31.2 Å². The maximum absolute atomic E-state index is 5.92. The molecule has 0 fully saturated rings. The third kappa shape index (κ3) is 6.32. The van der Waals surface area contributed by atoms with Gasteiger partial charge in [0.1, 0.15) is 12.4 Å². The SMILES string of the molecule is Cc1cccc(C)c1OCC(C)NCCSCCN. The standard InChI is InChI=1S/C15H26N2OS/c1-12-5-4-6-13(2)15(12)18-11-14(3)17-8-10-19-9-7-16/h4-6,14,17H,7-11,16H2,1-3H3. The average Bonchev–Trinajstić information content (AvgIpc) is 2.38. The van der Waals surface area contributed by atoms with Crippen LogP contribution in [0.3, 0.4) is 0 Å².